The van der Waals surface area contributed by atoms with Gasteiger partial charge in [0.05, 0.1) is 24.9 Å². The molecule has 0 aromatic heterocycles. The van der Waals surface area contributed by atoms with Crippen molar-refractivity contribution in [2.75, 3.05) is 14.2 Å². The number of phenolic OH excluding ortho intramolecular Hbond substituents is 1. The van der Waals surface area contributed by atoms with E-state index in [-0.39, 0.29) is 5.75 Å². The van der Waals surface area contributed by atoms with E-state index in [9.17, 15) is 5.11 Å². The first-order valence-corrected chi connectivity index (χ1v) is 6.27. The summed E-state index contributed by atoms with van der Waals surface area (Å²) in [6.07, 6.45) is 1.55. The predicted octanol–water partition coefficient (Wildman–Crippen LogP) is 3.81. The molecular weight excluding hydrogens is 278 g/mol. The van der Waals surface area contributed by atoms with E-state index in [0.29, 0.717) is 27.8 Å². The first-order valence-electron chi connectivity index (χ1n) is 5.89. The molecule has 0 bridgehead atoms. The summed E-state index contributed by atoms with van der Waals surface area (Å²) < 4.78 is 10.1. The standard InChI is InChI=1S/C15H14ClNO3/c1-19-13-7-6-11(8-12(13)16)17-9-10-4-3-5-14(20-2)15(10)18/h3-9,18H,1-2H3. The van der Waals surface area contributed by atoms with E-state index >= 15 is 0 Å². The van der Waals surface area contributed by atoms with Crippen molar-refractivity contribution >= 4 is 23.5 Å². The van der Waals surface area contributed by atoms with Gasteiger partial charge in [-0.05, 0) is 30.3 Å². The molecular formula is C15H14ClNO3. The van der Waals surface area contributed by atoms with Crippen LogP contribution in [-0.2, 0) is 0 Å². The minimum atomic E-state index is 0.0540. The van der Waals surface area contributed by atoms with Crippen molar-refractivity contribution in [1.29, 1.82) is 0 Å². The lowest BCUT2D eigenvalue weighted by molar-refractivity contribution is 0.373. The number of ether oxygens (including phenoxy) is 2. The molecule has 5 heteroatoms. The largest absolute Gasteiger partial charge is 0.504 e. The molecule has 2 rings (SSSR count). The summed E-state index contributed by atoms with van der Waals surface area (Å²) >= 11 is 6.02. The van der Waals surface area contributed by atoms with Crippen LogP contribution < -0.4 is 9.47 Å². The predicted molar refractivity (Wildman–Crippen MR) is 79.9 cm³/mol. The lowest BCUT2D eigenvalue weighted by Gasteiger charge is -2.05. The molecule has 0 amide bonds. The molecule has 0 aliphatic rings. The second kappa shape index (κ2) is 6.30. The molecule has 0 atom stereocenters. The van der Waals surface area contributed by atoms with Crippen molar-refractivity contribution in [3.63, 3.8) is 0 Å². The molecule has 0 radical (unpaired) electrons. The van der Waals surface area contributed by atoms with E-state index < -0.39 is 0 Å². The van der Waals surface area contributed by atoms with Gasteiger partial charge in [-0.15, -0.1) is 0 Å². The number of hydrogen-bond donors (Lipinski definition) is 1. The highest BCUT2D eigenvalue weighted by molar-refractivity contribution is 6.32. The molecule has 2 aromatic rings. The molecule has 20 heavy (non-hydrogen) atoms. The molecule has 0 spiro atoms. The van der Waals surface area contributed by atoms with Crippen LogP contribution in [-0.4, -0.2) is 25.5 Å². The Bertz CT molecular complexity index is 641. The molecule has 0 fully saturated rings. The third-order valence-corrected chi connectivity index (χ3v) is 3.03. The van der Waals surface area contributed by atoms with Gasteiger partial charge in [-0.1, -0.05) is 17.7 Å². The van der Waals surface area contributed by atoms with E-state index in [2.05, 4.69) is 4.99 Å². The van der Waals surface area contributed by atoms with Gasteiger partial charge in [0.15, 0.2) is 11.5 Å². The van der Waals surface area contributed by atoms with Crippen molar-refractivity contribution < 1.29 is 14.6 Å². The van der Waals surface area contributed by atoms with E-state index in [1.54, 1.807) is 49.7 Å². The average molecular weight is 292 g/mol. The van der Waals surface area contributed by atoms with Crippen molar-refractivity contribution in [2.24, 2.45) is 4.99 Å². The van der Waals surface area contributed by atoms with Crippen LogP contribution in [0, 0.1) is 0 Å². The lowest BCUT2D eigenvalue weighted by Crippen LogP contribution is -1.88. The number of para-hydroxylation sites is 1. The Morgan fingerprint density at radius 3 is 2.50 bits per heavy atom. The molecule has 0 saturated heterocycles. The van der Waals surface area contributed by atoms with Crippen LogP contribution in [0.3, 0.4) is 0 Å². The highest BCUT2D eigenvalue weighted by Crippen LogP contribution is 2.30. The molecule has 1 N–H and O–H groups in total. The Kier molecular flexibility index (Phi) is 4.48. The SMILES string of the molecule is COc1ccc(N=Cc2cccc(OC)c2O)cc1Cl. The van der Waals surface area contributed by atoms with E-state index in [1.807, 2.05) is 0 Å². The highest BCUT2D eigenvalue weighted by Gasteiger charge is 2.05. The van der Waals surface area contributed by atoms with Crippen LogP contribution in [0.5, 0.6) is 17.2 Å². The van der Waals surface area contributed by atoms with Crippen LogP contribution in [0.15, 0.2) is 41.4 Å². The third kappa shape index (κ3) is 3.03. The van der Waals surface area contributed by atoms with Gasteiger partial charge in [0.2, 0.25) is 0 Å². The topological polar surface area (TPSA) is 51.0 Å². The Balaban J connectivity index is 2.27. The van der Waals surface area contributed by atoms with Crippen LogP contribution >= 0.6 is 11.6 Å². The molecule has 0 saturated carbocycles. The zero-order chi connectivity index (χ0) is 14.5. The number of rotatable bonds is 4. The number of hydrogen-bond acceptors (Lipinski definition) is 4. The Morgan fingerprint density at radius 2 is 1.85 bits per heavy atom. The zero-order valence-electron chi connectivity index (χ0n) is 11.1. The second-order valence-corrected chi connectivity index (χ2v) is 4.38. The lowest BCUT2D eigenvalue weighted by atomic mass is 10.2. The second-order valence-electron chi connectivity index (χ2n) is 3.98. The molecule has 0 heterocycles. The summed E-state index contributed by atoms with van der Waals surface area (Å²) in [7, 11) is 3.05. The summed E-state index contributed by atoms with van der Waals surface area (Å²) in [4.78, 5) is 4.27. The van der Waals surface area contributed by atoms with Crippen LogP contribution in [0.2, 0.25) is 5.02 Å². The molecule has 0 aliphatic carbocycles. The summed E-state index contributed by atoms with van der Waals surface area (Å²) in [5.41, 5.74) is 1.23. The first kappa shape index (κ1) is 14.2. The molecule has 4 nitrogen and oxygen atoms in total. The van der Waals surface area contributed by atoms with Gasteiger partial charge in [0.25, 0.3) is 0 Å². The maximum atomic E-state index is 9.94. The number of aliphatic imine (C=N–C) groups is 1. The van der Waals surface area contributed by atoms with Gasteiger partial charge in [-0.2, -0.15) is 0 Å². The number of methoxy groups -OCH3 is 2. The van der Waals surface area contributed by atoms with E-state index in [0.717, 1.165) is 0 Å². The minimum absolute atomic E-state index is 0.0540. The maximum Gasteiger partial charge on any atom is 0.166 e. The zero-order valence-corrected chi connectivity index (χ0v) is 11.9. The fraction of sp³-hybridized carbons (Fsp3) is 0.133. The Morgan fingerprint density at radius 1 is 1.10 bits per heavy atom. The van der Waals surface area contributed by atoms with Crippen molar-refractivity contribution in [1.82, 2.24) is 0 Å². The van der Waals surface area contributed by atoms with Gasteiger partial charge in [-0.3, -0.25) is 4.99 Å². The van der Waals surface area contributed by atoms with Crippen LogP contribution in [0.1, 0.15) is 5.56 Å². The van der Waals surface area contributed by atoms with Crippen molar-refractivity contribution in [2.45, 2.75) is 0 Å². The summed E-state index contributed by atoms with van der Waals surface area (Å²) in [5.74, 6) is 1.05. The smallest absolute Gasteiger partial charge is 0.166 e. The highest BCUT2D eigenvalue weighted by atomic mass is 35.5. The summed E-state index contributed by atoms with van der Waals surface area (Å²) in [5, 5.41) is 10.4. The van der Waals surface area contributed by atoms with Gasteiger partial charge in [0.1, 0.15) is 5.75 Å². The molecule has 2 aromatic carbocycles. The monoisotopic (exact) mass is 291 g/mol. The Hall–Kier alpha value is -2.20. The van der Waals surface area contributed by atoms with Crippen LogP contribution in [0.4, 0.5) is 5.69 Å². The van der Waals surface area contributed by atoms with E-state index in [4.69, 9.17) is 21.1 Å². The number of halogens is 1. The molecule has 104 valence electrons. The Labute approximate surface area is 122 Å². The molecule has 0 unspecified atom stereocenters. The first-order chi connectivity index (χ1) is 9.65. The minimum Gasteiger partial charge on any atom is -0.504 e. The summed E-state index contributed by atoms with van der Waals surface area (Å²) in [6.45, 7) is 0. The number of aromatic hydroxyl groups is 1. The number of phenols is 1. The maximum absolute atomic E-state index is 9.94. The fourth-order valence-corrected chi connectivity index (χ4v) is 1.94. The van der Waals surface area contributed by atoms with Gasteiger partial charge in [0, 0.05) is 11.8 Å². The number of nitrogens with zero attached hydrogens (tertiary/aromatic N) is 1. The van der Waals surface area contributed by atoms with Gasteiger partial charge < -0.3 is 14.6 Å². The quantitative estimate of drug-likeness (QED) is 0.871. The van der Waals surface area contributed by atoms with Gasteiger partial charge in [-0.25, -0.2) is 0 Å². The fourth-order valence-electron chi connectivity index (χ4n) is 1.69. The van der Waals surface area contributed by atoms with Crippen molar-refractivity contribution in [3.8, 4) is 17.2 Å². The van der Waals surface area contributed by atoms with Gasteiger partial charge >= 0.3 is 0 Å². The molecule has 0 aliphatic heterocycles. The van der Waals surface area contributed by atoms with E-state index in [1.165, 1.54) is 7.11 Å². The van der Waals surface area contributed by atoms with Crippen molar-refractivity contribution in [3.05, 3.63) is 47.0 Å². The van der Waals surface area contributed by atoms with Crippen LogP contribution in [0.25, 0.3) is 0 Å². The normalized spacial score (nSPS) is 10.8. The number of benzene rings is 2. The summed E-state index contributed by atoms with van der Waals surface area (Å²) in [6, 6.07) is 10.4. The third-order valence-electron chi connectivity index (χ3n) is 2.74. The average Bonchev–Trinajstić information content (AvgIpc) is 2.46.